The lowest BCUT2D eigenvalue weighted by atomic mass is 9.92. The molecule has 0 fully saturated rings. The molecule has 30 heavy (non-hydrogen) atoms. The van der Waals surface area contributed by atoms with Gasteiger partial charge in [-0.1, -0.05) is 62.2 Å². The Kier molecular flexibility index (Phi) is 3.89. The van der Waals surface area contributed by atoms with Crippen LogP contribution in [0, 0.1) is 0 Å². The van der Waals surface area contributed by atoms with Gasteiger partial charge in [-0.05, 0) is 42.0 Å². The van der Waals surface area contributed by atoms with Gasteiger partial charge in [0.1, 0.15) is 5.75 Å². The smallest absolute Gasteiger partial charge is 0.306 e. The molecule has 7 heteroatoms. The van der Waals surface area contributed by atoms with Gasteiger partial charge in [0, 0.05) is 20.9 Å². The van der Waals surface area contributed by atoms with E-state index in [0.29, 0.717) is 12.2 Å². The summed E-state index contributed by atoms with van der Waals surface area (Å²) in [6, 6.07) is 21.6. The van der Waals surface area contributed by atoms with Crippen LogP contribution in [0.2, 0.25) is 0 Å². The maximum absolute atomic E-state index is 13.4. The number of carbonyl (C=O) groups excluding carboxylic acids is 1. The van der Waals surface area contributed by atoms with E-state index in [1.165, 1.54) is 0 Å². The molecule has 3 aromatic carbocycles. The number of nitrogens with one attached hydrogen (secondary N) is 1. The van der Waals surface area contributed by atoms with E-state index in [9.17, 15) is 4.79 Å². The van der Waals surface area contributed by atoms with Crippen molar-refractivity contribution in [1.82, 2.24) is 5.01 Å². The van der Waals surface area contributed by atoms with Crippen LogP contribution in [-0.4, -0.2) is 16.6 Å². The molecule has 3 aliphatic heterocycles. The molecule has 2 atom stereocenters. The standard InChI is InChI=1S/C23H15Br2N3O2/c24-14-7-9-21-16(10-14)20-12-19(13-4-2-1-3-5-13)27-28(20)23(30-21)17-11-15(25)6-8-18(17)26-22(23)29/h1-11,20H,12H2,(H,26,29). The number of hydrogen-bond acceptors (Lipinski definition) is 4. The molecule has 0 saturated carbocycles. The quantitative estimate of drug-likeness (QED) is 0.453. The van der Waals surface area contributed by atoms with Crippen LogP contribution in [0.3, 0.4) is 0 Å². The molecule has 1 spiro atoms. The third-order valence-corrected chi connectivity index (χ3v) is 6.82. The normalized spacial score (nSPS) is 23.4. The van der Waals surface area contributed by atoms with Crippen molar-refractivity contribution in [3.63, 3.8) is 0 Å². The van der Waals surface area contributed by atoms with E-state index in [2.05, 4.69) is 43.2 Å². The topological polar surface area (TPSA) is 53.9 Å². The molecular formula is C23H15Br2N3O2. The molecular weight excluding hydrogens is 510 g/mol. The first-order valence-corrected chi connectivity index (χ1v) is 11.2. The van der Waals surface area contributed by atoms with Crippen molar-refractivity contribution in [2.45, 2.75) is 18.2 Å². The van der Waals surface area contributed by atoms with Gasteiger partial charge in [0.25, 0.3) is 5.91 Å². The van der Waals surface area contributed by atoms with Gasteiger partial charge < -0.3 is 10.1 Å². The average Bonchev–Trinajstić information content (AvgIpc) is 3.31. The summed E-state index contributed by atoms with van der Waals surface area (Å²) in [5.41, 5.74) is 3.16. The molecule has 0 saturated heterocycles. The molecule has 3 aromatic rings. The van der Waals surface area contributed by atoms with Crippen LogP contribution in [0.15, 0.2) is 80.8 Å². The summed E-state index contributed by atoms with van der Waals surface area (Å²) in [7, 11) is 0. The van der Waals surface area contributed by atoms with Gasteiger partial charge in [0.2, 0.25) is 0 Å². The number of halogens is 2. The zero-order chi connectivity index (χ0) is 20.5. The van der Waals surface area contributed by atoms with Crippen molar-refractivity contribution in [2.75, 3.05) is 5.32 Å². The highest BCUT2D eigenvalue weighted by Gasteiger charge is 2.61. The zero-order valence-corrected chi connectivity index (χ0v) is 18.8. The number of hydrazone groups is 1. The predicted molar refractivity (Wildman–Crippen MR) is 121 cm³/mol. The third-order valence-electron chi connectivity index (χ3n) is 5.83. The van der Waals surface area contributed by atoms with Crippen LogP contribution >= 0.6 is 31.9 Å². The van der Waals surface area contributed by atoms with Crippen molar-refractivity contribution >= 4 is 49.2 Å². The number of anilines is 1. The molecule has 5 nitrogen and oxygen atoms in total. The highest BCUT2D eigenvalue weighted by molar-refractivity contribution is 9.10. The second-order valence-electron chi connectivity index (χ2n) is 7.55. The van der Waals surface area contributed by atoms with Crippen molar-refractivity contribution in [3.8, 4) is 5.75 Å². The van der Waals surface area contributed by atoms with Crippen LogP contribution in [0.1, 0.15) is 29.2 Å². The highest BCUT2D eigenvalue weighted by Crippen LogP contribution is 2.54. The van der Waals surface area contributed by atoms with Gasteiger partial charge in [-0.3, -0.25) is 4.79 Å². The van der Waals surface area contributed by atoms with E-state index >= 15 is 0 Å². The van der Waals surface area contributed by atoms with E-state index in [4.69, 9.17) is 9.84 Å². The van der Waals surface area contributed by atoms with Gasteiger partial charge in [0.05, 0.1) is 23.0 Å². The number of carbonyl (C=O) groups is 1. The van der Waals surface area contributed by atoms with E-state index in [-0.39, 0.29) is 11.9 Å². The first-order chi connectivity index (χ1) is 14.6. The largest absolute Gasteiger partial charge is 0.453 e. The molecule has 0 bridgehead atoms. The lowest BCUT2D eigenvalue weighted by Crippen LogP contribution is -2.55. The van der Waals surface area contributed by atoms with Crippen molar-refractivity contribution < 1.29 is 9.53 Å². The van der Waals surface area contributed by atoms with Crippen LogP contribution in [0.25, 0.3) is 0 Å². The fourth-order valence-corrected chi connectivity index (χ4v) is 5.23. The molecule has 148 valence electrons. The van der Waals surface area contributed by atoms with Crippen molar-refractivity contribution in [1.29, 1.82) is 0 Å². The Morgan fingerprint density at radius 1 is 1.03 bits per heavy atom. The van der Waals surface area contributed by atoms with E-state index in [0.717, 1.165) is 37.0 Å². The molecule has 1 N–H and O–H groups in total. The van der Waals surface area contributed by atoms with E-state index < -0.39 is 5.72 Å². The number of amides is 1. The van der Waals surface area contributed by atoms with E-state index in [1.54, 1.807) is 0 Å². The van der Waals surface area contributed by atoms with Crippen LogP contribution < -0.4 is 10.1 Å². The molecule has 0 aromatic heterocycles. The Morgan fingerprint density at radius 3 is 2.63 bits per heavy atom. The molecule has 3 heterocycles. The minimum atomic E-state index is -1.35. The lowest BCUT2D eigenvalue weighted by Gasteiger charge is -2.44. The summed E-state index contributed by atoms with van der Waals surface area (Å²) in [5, 5.41) is 9.79. The Hall–Kier alpha value is -2.64. The zero-order valence-electron chi connectivity index (χ0n) is 15.6. The average molecular weight is 525 g/mol. The minimum absolute atomic E-state index is 0.114. The van der Waals surface area contributed by atoms with Crippen LogP contribution in [-0.2, 0) is 10.5 Å². The number of ether oxygens (including phenoxy) is 1. The van der Waals surface area contributed by atoms with Gasteiger partial charge in [-0.2, -0.15) is 5.10 Å². The van der Waals surface area contributed by atoms with Gasteiger partial charge >= 0.3 is 5.72 Å². The number of rotatable bonds is 1. The van der Waals surface area contributed by atoms with Gasteiger partial charge in [-0.25, -0.2) is 5.01 Å². The van der Waals surface area contributed by atoms with Crippen molar-refractivity contribution in [2.24, 2.45) is 5.10 Å². The molecule has 0 radical (unpaired) electrons. The first kappa shape index (κ1) is 18.2. The van der Waals surface area contributed by atoms with Crippen LogP contribution in [0.5, 0.6) is 5.75 Å². The number of fused-ring (bicyclic) bond motifs is 6. The fraction of sp³-hybridized carbons (Fsp3) is 0.130. The summed E-state index contributed by atoms with van der Waals surface area (Å²) in [5.74, 6) is 0.471. The monoisotopic (exact) mass is 523 g/mol. The number of benzene rings is 3. The molecule has 2 unspecified atom stereocenters. The predicted octanol–water partition coefficient (Wildman–Crippen LogP) is 5.56. The molecule has 3 aliphatic rings. The molecule has 0 aliphatic carbocycles. The summed E-state index contributed by atoms with van der Waals surface area (Å²) in [6.45, 7) is 0. The Morgan fingerprint density at radius 2 is 1.80 bits per heavy atom. The summed E-state index contributed by atoms with van der Waals surface area (Å²) >= 11 is 7.11. The summed E-state index contributed by atoms with van der Waals surface area (Å²) in [4.78, 5) is 13.4. The second kappa shape index (κ2) is 6.43. The van der Waals surface area contributed by atoms with Crippen molar-refractivity contribution in [3.05, 3.63) is 92.4 Å². The second-order valence-corrected chi connectivity index (χ2v) is 9.38. The molecule has 6 rings (SSSR count). The Bertz CT molecular complexity index is 1240. The van der Waals surface area contributed by atoms with E-state index in [1.807, 2.05) is 65.7 Å². The lowest BCUT2D eigenvalue weighted by molar-refractivity contribution is -0.161. The molecule has 1 amide bonds. The highest BCUT2D eigenvalue weighted by atomic mass is 79.9. The number of nitrogens with zero attached hydrogens (tertiary/aromatic N) is 2. The first-order valence-electron chi connectivity index (χ1n) is 9.58. The van der Waals surface area contributed by atoms with Gasteiger partial charge in [0.15, 0.2) is 0 Å². The van der Waals surface area contributed by atoms with Gasteiger partial charge in [-0.15, -0.1) is 0 Å². The Labute approximate surface area is 190 Å². The maximum Gasteiger partial charge on any atom is 0.306 e. The number of hydrogen-bond donors (Lipinski definition) is 1. The minimum Gasteiger partial charge on any atom is -0.453 e. The SMILES string of the molecule is O=C1Nc2ccc(Br)cc2C12Oc1ccc(Br)cc1C1CC(c3ccccc3)=NN12. The van der Waals surface area contributed by atoms with Crippen LogP contribution in [0.4, 0.5) is 5.69 Å². The fourth-order valence-electron chi connectivity index (χ4n) is 4.49. The summed E-state index contributed by atoms with van der Waals surface area (Å²) in [6.07, 6.45) is 0.690. The summed E-state index contributed by atoms with van der Waals surface area (Å²) < 4.78 is 8.34. The Balaban J connectivity index is 1.60. The third kappa shape index (κ3) is 2.45. The maximum atomic E-state index is 13.4.